The number of aromatic nitrogens is 3. The van der Waals surface area contributed by atoms with E-state index in [1.807, 2.05) is 32.0 Å². The Morgan fingerprint density at radius 3 is 2.50 bits per heavy atom. The number of benzene rings is 1. The summed E-state index contributed by atoms with van der Waals surface area (Å²) < 4.78 is 0.819. The second kappa shape index (κ2) is 8.31. The molecule has 0 spiro atoms. The van der Waals surface area contributed by atoms with Crippen molar-refractivity contribution in [2.45, 2.75) is 33.6 Å². The Bertz CT molecular complexity index is 1290. The average molecular weight is 444 g/mol. The largest absolute Gasteiger partial charge is 0.348 e. The summed E-state index contributed by atoms with van der Waals surface area (Å²) in [5.74, 6) is -0.144. The number of amides is 1. The van der Waals surface area contributed by atoms with Crippen molar-refractivity contribution in [2.24, 2.45) is 0 Å². The summed E-state index contributed by atoms with van der Waals surface area (Å²) in [4.78, 5) is 29.6. The van der Waals surface area contributed by atoms with E-state index in [1.54, 1.807) is 23.7 Å². The fourth-order valence-corrected chi connectivity index (χ4v) is 5.40. The highest BCUT2D eigenvalue weighted by molar-refractivity contribution is 7.22. The van der Waals surface area contributed by atoms with Crippen molar-refractivity contribution in [1.82, 2.24) is 15.0 Å². The molecule has 1 aromatic carbocycles. The van der Waals surface area contributed by atoms with Crippen LogP contribution in [-0.2, 0) is 0 Å². The molecule has 162 valence electrons. The number of carbonyl (C=O) groups is 1. The first-order chi connectivity index (χ1) is 15.5. The number of fused-ring (bicyclic) bond motifs is 1. The number of aryl methyl sites for hydroxylation is 3. The lowest BCUT2D eigenvalue weighted by molar-refractivity contribution is 0.102. The normalized spacial score (nSPS) is 13.7. The summed E-state index contributed by atoms with van der Waals surface area (Å²) in [5, 5.41) is 4.09. The molecule has 7 heteroatoms. The molecule has 0 atom stereocenters. The average Bonchev–Trinajstić information content (AvgIpc) is 3.45. The van der Waals surface area contributed by atoms with Crippen LogP contribution in [0.25, 0.3) is 21.6 Å². The first kappa shape index (κ1) is 20.6. The number of anilines is 2. The maximum Gasteiger partial charge on any atom is 0.257 e. The van der Waals surface area contributed by atoms with Crippen LogP contribution in [0.5, 0.6) is 0 Å². The third-order valence-electron chi connectivity index (χ3n) is 5.84. The Hall–Kier alpha value is -3.32. The van der Waals surface area contributed by atoms with Gasteiger partial charge in [-0.05, 0) is 62.9 Å². The molecule has 5 rings (SSSR count). The summed E-state index contributed by atoms with van der Waals surface area (Å²) in [6.07, 6.45) is 5.83. The quantitative estimate of drug-likeness (QED) is 0.449. The number of rotatable bonds is 4. The Labute approximate surface area is 191 Å². The van der Waals surface area contributed by atoms with Gasteiger partial charge in [0.05, 0.1) is 16.0 Å². The molecule has 1 N–H and O–H groups in total. The lowest BCUT2D eigenvalue weighted by Crippen LogP contribution is -2.16. The molecule has 0 saturated carbocycles. The van der Waals surface area contributed by atoms with Crippen LogP contribution in [0.1, 0.15) is 39.9 Å². The predicted octanol–water partition coefficient (Wildman–Crippen LogP) is 5.53. The van der Waals surface area contributed by atoms with Crippen LogP contribution in [0.4, 0.5) is 10.8 Å². The maximum absolute atomic E-state index is 13.5. The van der Waals surface area contributed by atoms with Crippen molar-refractivity contribution in [3.05, 3.63) is 65.0 Å². The topological polar surface area (TPSA) is 71.0 Å². The van der Waals surface area contributed by atoms with E-state index < -0.39 is 0 Å². The first-order valence-electron chi connectivity index (χ1n) is 10.9. The minimum Gasteiger partial charge on any atom is -0.348 e. The molecule has 1 saturated heterocycles. The Morgan fingerprint density at radius 2 is 1.81 bits per heavy atom. The summed E-state index contributed by atoms with van der Waals surface area (Å²) in [5.41, 5.74) is 6.91. The standard InChI is InChI=1S/C25H25N5OS/c1-15-11-16(2)21(17(3)12-15)28-24(31)19-13-20(18-7-6-8-26-14-18)27-23-22(19)32-25(29-23)30-9-4-5-10-30/h6-8,11-14H,4-5,9-10H2,1-3H3,(H,28,31). The molecule has 0 radical (unpaired) electrons. The maximum atomic E-state index is 13.5. The third-order valence-corrected chi connectivity index (χ3v) is 6.98. The van der Waals surface area contributed by atoms with Gasteiger partial charge in [-0.1, -0.05) is 29.0 Å². The van der Waals surface area contributed by atoms with E-state index in [-0.39, 0.29) is 5.91 Å². The van der Waals surface area contributed by atoms with E-state index in [0.29, 0.717) is 16.9 Å². The number of nitrogens with one attached hydrogen (secondary N) is 1. The molecule has 3 aromatic heterocycles. The zero-order chi connectivity index (χ0) is 22.2. The Balaban J connectivity index is 1.62. The monoisotopic (exact) mass is 443 g/mol. The summed E-state index contributed by atoms with van der Waals surface area (Å²) >= 11 is 1.55. The molecule has 0 unspecified atom stereocenters. The zero-order valence-electron chi connectivity index (χ0n) is 18.5. The molecule has 1 amide bonds. The zero-order valence-corrected chi connectivity index (χ0v) is 19.3. The van der Waals surface area contributed by atoms with Crippen LogP contribution in [-0.4, -0.2) is 33.9 Å². The fraction of sp³-hybridized carbons (Fsp3) is 0.280. The molecule has 1 fully saturated rings. The smallest absolute Gasteiger partial charge is 0.257 e. The van der Waals surface area contributed by atoms with Gasteiger partial charge >= 0.3 is 0 Å². The molecule has 4 aromatic rings. The Morgan fingerprint density at radius 1 is 1.06 bits per heavy atom. The molecule has 1 aliphatic rings. The molecule has 4 heterocycles. The van der Waals surface area contributed by atoms with E-state index in [1.165, 1.54) is 18.4 Å². The fourth-order valence-electron chi connectivity index (χ4n) is 4.33. The highest BCUT2D eigenvalue weighted by Crippen LogP contribution is 2.35. The van der Waals surface area contributed by atoms with Crippen molar-refractivity contribution in [3.8, 4) is 11.3 Å². The van der Waals surface area contributed by atoms with Gasteiger partial charge in [0, 0.05) is 36.7 Å². The SMILES string of the molecule is Cc1cc(C)c(NC(=O)c2cc(-c3cccnc3)nc3nc(N4CCCC4)sc23)c(C)c1. The van der Waals surface area contributed by atoms with Crippen LogP contribution in [0.15, 0.2) is 42.7 Å². The minimum absolute atomic E-state index is 0.144. The van der Waals surface area contributed by atoms with Crippen molar-refractivity contribution in [2.75, 3.05) is 23.3 Å². The molecular formula is C25H25N5OS. The highest BCUT2D eigenvalue weighted by atomic mass is 32.1. The molecule has 1 aliphatic heterocycles. The van der Waals surface area contributed by atoms with Gasteiger partial charge < -0.3 is 10.2 Å². The molecule has 0 bridgehead atoms. The summed E-state index contributed by atoms with van der Waals surface area (Å²) in [7, 11) is 0. The van der Waals surface area contributed by atoms with Crippen LogP contribution < -0.4 is 10.2 Å². The van der Waals surface area contributed by atoms with E-state index in [2.05, 4.69) is 34.3 Å². The number of pyridine rings is 2. The lowest BCUT2D eigenvalue weighted by Gasteiger charge is -2.13. The van der Waals surface area contributed by atoms with Crippen molar-refractivity contribution < 1.29 is 4.79 Å². The highest BCUT2D eigenvalue weighted by Gasteiger charge is 2.22. The summed E-state index contributed by atoms with van der Waals surface area (Å²) in [6.45, 7) is 8.11. The second-order valence-electron chi connectivity index (χ2n) is 8.37. The van der Waals surface area contributed by atoms with Gasteiger partial charge in [0.15, 0.2) is 10.8 Å². The van der Waals surface area contributed by atoms with Gasteiger partial charge in [-0.2, -0.15) is 4.98 Å². The number of thiazole rings is 1. The summed E-state index contributed by atoms with van der Waals surface area (Å²) in [6, 6.07) is 9.86. The van der Waals surface area contributed by atoms with Crippen molar-refractivity contribution >= 4 is 38.4 Å². The number of carbonyl (C=O) groups excluding carboxylic acids is 1. The number of nitrogens with zero attached hydrogens (tertiary/aromatic N) is 4. The molecule has 32 heavy (non-hydrogen) atoms. The first-order valence-corrected chi connectivity index (χ1v) is 11.7. The van der Waals surface area contributed by atoms with E-state index in [0.717, 1.165) is 45.3 Å². The predicted molar refractivity (Wildman–Crippen MR) is 131 cm³/mol. The molecule has 0 aliphatic carbocycles. The number of hydrogen-bond acceptors (Lipinski definition) is 6. The van der Waals surface area contributed by atoms with E-state index >= 15 is 0 Å². The van der Waals surface area contributed by atoms with Crippen LogP contribution >= 0.6 is 11.3 Å². The van der Waals surface area contributed by atoms with Crippen molar-refractivity contribution in [3.63, 3.8) is 0 Å². The van der Waals surface area contributed by atoms with Gasteiger partial charge in [0.25, 0.3) is 5.91 Å². The van der Waals surface area contributed by atoms with Crippen LogP contribution in [0.2, 0.25) is 0 Å². The number of hydrogen-bond donors (Lipinski definition) is 1. The Kier molecular flexibility index (Phi) is 5.35. The molecular weight excluding hydrogens is 418 g/mol. The van der Waals surface area contributed by atoms with E-state index in [4.69, 9.17) is 9.97 Å². The third kappa shape index (κ3) is 3.84. The van der Waals surface area contributed by atoms with Crippen molar-refractivity contribution in [1.29, 1.82) is 0 Å². The van der Waals surface area contributed by atoms with Gasteiger partial charge in [-0.25, -0.2) is 4.98 Å². The second-order valence-corrected chi connectivity index (χ2v) is 9.35. The van der Waals surface area contributed by atoms with Crippen LogP contribution in [0, 0.1) is 20.8 Å². The van der Waals surface area contributed by atoms with E-state index in [9.17, 15) is 4.79 Å². The van der Waals surface area contributed by atoms with Gasteiger partial charge in [0.1, 0.15) is 0 Å². The van der Waals surface area contributed by atoms with Gasteiger partial charge in [0.2, 0.25) is 0 Å². The lowest BCUT2D eigenvalue weighted by atomic mass is 10.0. The van der Waals surface area contributed by atoms with Gasteiger partial charge in [-0.15, -0.1) is 0 Å². The minimum atomic E-state index is -0.144. The molecule has 6 nitrogen and oxygen atoms in total. The van der Waals surface area contributed by atoms with Crippen LogP contribution in [0.3, 0.4) is 0 Å². The van der Waals surface area contributed by atoms with Gasteiger partial charge in [-0.3, -0.25) is 9.78 Å².